The molecule has 0 radical (unpaired) electrons. The Morgan fingerprint density at radius 3 is 3.00 bits per heavy atom. The van der Waals surface area contributed by atoms with Crippen molar-refractivity contribution in [2.45, 2.75) is 38.4 Å². The molecule has 0 aromatic carbocycles. The predicted octanol–water partition coefficient (Wildman–Crippen LogP) is 2.93. The third kappa shape index (κ3) is 4.83. The minimum atomic E-state index is 0.628. The summed E-state index contributed by atoms with van der Waals surface area (Å²) in [4.78, 5) is 8.60. The summed E-state index contributed by atoms with van der Waals surface area (Å²) in [6.07, 6.45) is 3.82. The molecule has 0 atom stereocenters. The Hall–Kier alpha value is -1.08. The molecule has 2 heterocycles. The van der Waals surface area contributed by atoms with Gasteiger partial charge in [-0.25, -0.2) is 4.98 Å². The Morgan fingerprint density at radius 1 is 1.37 bits per heavy atom. The van der Waals surface area contributed by atoms with E-state index >= 15 is 0 Å². The van der Waals surface area contributed by atoms with Crippen LogP contribution in [0.5, 0.6) is 0 Å². The van der Waals surface area contributed by atoms with Crippen LogP contribution in [0.3, 0.4) is 0 Å². The van der Waals surface area contributed by atoms with Gasteiger partial charge in [0.1, 0.15) is 0 Å². The molecule has 0 spiro atoms. The number of anilines is 1. The zero-order chi connectivity index (χ0) is 13.5. The van der Waals surface area contributed by atoms with Crippen LogP contribution in [0.4, 0.5) is 5.13 Å². The fourth-order valence-corrected chi connectivity index (χ4v) is 2.95. The topological polar surface area (TPSA) is 77.8 Å². The lowest BCUT2D eigenvalue weighted by Gasteiger charge is -1.93. The first-order chi connectivity index (χ1) is 9.28. The Balaban J connectivity index is 1.71. The number of thiazole rings is 1. The van der Waals surface area contributed by atoms with Gasteiger partial charge in [0, 0.05) is 11.8 Å². The van der Waals surface area contributed by atoms with Crippen molar-refractivity contribution in [1.29, 1.82) is 0 Å². The number of rotatable bonds is 8. The summed E-state index contributed by atoms with van der Waals surface area (Å²) >= 11 is 3.31. The van der Waals surface area contributed by atoms with Crippen LogP contribution in [-0.4, -0.2) is 20.9 Å². The van der Waals surface area contributed by atoms with Gasteiger partial charge in [0.05, 0.1) is 11.4 Å². The van der Waals surface area contributed by atoms with E-state index in [4.69, 9.17) is 10.3 Å². The first kappa shape index (κ1) is 14.3. The predicted molar refractivity (Wildman–Crippen MR) is 79.3 cm³/mol. The third-order valence-electron chi connectivity index (χ3n) is 2.48. The maximum absolute atomic E-state index is 5.59. The highest BCUT2D eigenvalue weighted by Gasteiger charge is 2.07. The molecule has 2 aromatic rings. The average Bonchev–Trinajstić information content (AvgIpc) is 3.00. The van der Waals surface area contributed by atoms with E-state index in [9.17, 15) is 0 Å². The van der Waals surface area contributed by atoms with Crippen LogP contribution in [0.25, 0.3) is 0 Å². The van der Waals surface area contributed by atoms with Gasteiger partial charge in [0.15, 0.2) is 11.0 Å². The lowest BCUT2D eigenvalue weighted by molar-refractivity contribution is 0.371. The van der Waals surface area contributed by atoms with Crippen molar-refractivity contribution in [1.82, 2.24) is 15.1 Å². The Bertz CT molecular complexity index is 497. The number of hydrogen-bond donors (Lipinski definition) is 1. The highest BCUT2D eigenvalue weighted by molar-refractivity contribution is 7.98. The first-order valence-corrected chi connectivity index (χ1v) is 8.40. The first-order valence-electron chi connectivity index (χ1n) is 6.37. The number of aryl methyl sites for hydroxylation is 2. The summed E-state index contributed by atoms with van der Waals surface area (Å²) in [7, 11) is 0. The average molecular weight is 298 g/mol. The van der Waals surface area contributed by atoms with Crippen molar-refractivity contribution in [2.24, 2.45) is 0 Å². The second kappa shape index (κ2) is 7.49. The van der Waals surface area contributed by atoms with Crippen molar-refractivity contribution in [2.75, 3.05) is 11.5 Å². The molecule has 0 amide bonds. The summed E-state index contributed by atoms with van der Waals surface area (Å²) < 4.78 is 5.22. The van der Waals surface area contributed by atoms with E-state index in [0.717, 1.165) is 48.2 Å². The summed E-state index contributed by atoms with van der Waals surface area (Å²) in [6, 6.07) is 0. The van der Waals surface area contributed by atoms with Crippen LogP contribution in [0, 0.1) is 0 Å². The Morgan fingerprint density at radius 2 is 2.26 bits per heavy atom. The Kier molecular flexibility index (Phi) is 5.65. The number of hydrogen-bond acceptors (Lipinski definition) is 7. The quantitative estimate of drug-likeness (QED) is 0.755. The van der Waals surface area contributed by atoms with Gasteiger partial charge in [-0.3, -0.25) is 0 Å². The van der Waals surface area contributed by atoms with Crippen molar-refractivity contribution in [3.05, 3.63) is 22.8 Å². The van der Waals surface area contributed by atoms with E-state index in [0.29, 0.717) is 5.13 Å². The van der Waals surface area contributed by atoms with E-state index < -0.39 is 0 Å². The second-order valence-corrected chi connectivity index (χ2v) is 6.18. The number of nitrogens with zero attached hydrogens (tertiary/aromatic N) is 3. The molecule has 0 fully saturated rings. The van der Waals surface area contributed by atoms with Gasteiger partial charge in [-0.05, 0) is 25.0 Å². The highest BCUT2D eigenvalue weighted by Crippen LogP contribution is 2.14. The summed E-state index contributed by atoms with van der Waals surface area (Å²) in [5, 5.41) is 6.60. The van der Waals surface area contributed by atoms with Crippen molar-refractivity contribution in [3.8, 4) is 0 Å². The number of aromatic nitrogens is 3. The van der Waals surface area contributed by atoms with E-state index in [-0.39, 0.29) is 0 Å². The van der Waals surface area contributed by atoms with Crippen LogP contribution in [0.15, 0.2) is 9.90 Å². The number of nitrogen functional groups attached to an aromatic ring is 1. The lowest BCUT2D eigenvalue weighted by Crippen LogP contribution is -1.92. The van der Waals surface area contributed by atoms with Gasteiger partial charge in [0.25, 0.3) is 0 Å². The maximum atomic E-state index is 5.59. The van der Waals surface area contributed by atoms with Crippen molar-refractivity contribution in [3.63, 3.8) is 0 Å². The summed E-state index contributed by atoms with van der Waals surface area (Å²) in [5.41, 5.74) is 6.63. The molecule has 0 bridgehead atoms. The fraction of sp³-hybridized carbons (Fsp3) is 0.583. The molecular formula is C12H18N4OS2. The number of nitrogens with two attached hydrogens (primary N) is 1. The second-order valence-electron chi connectivity index (χ2n) is 4.19. The molecule has 2 N–H and O–H groups in total. The van der Waals surface area contributed by atoms with Gasteiger partial charge >= 0.3 is 0 Å². The van der Waals surface area contributed by atoms with Gasteiger partial charge in [0.2, 0.25) is 5.89 Å². The smallest absolute Gasteiger partial charge is 0.226 e. The standard InChI is InChI=1S/C12H18N4OS2/c1-2-6-18-8-10-15-11(17-16-10)5-3-4-9-7-19-12(13)14-9/h7H,2-6,8H2,1H3,(H2,13,14). The molecule has 0 unspecified atom stereocenters. The normalized spacial score (nSPS) is 11.0. The van der Waals surface area contributed by atoms with Crippen molar-refractivity contribution < 1.29 is 4.52 Å². The van der Waals surface area contributed by atoms with Gasteiger partial charge in [-0.15, -0.1) is 11.3 Å². The van der Waals surface area contributed by atoms with Crippen LogP contribution < -0.4 is 5.73 Å². The van der Waals surface area contributed by atoms with Gasteiger partial charge in [-0.1, -0.05) is 12.1 Å². The highest BCUT2D eigenvalue weighted by atomic mass is 32.2. The lowest BCUT2D eigenvalue weighted by atomic mass is 10.2. The number of thioether (sulfide) groups is 1. The molecule has 2 rings (SSSR count). The van der Waals surface area contributed by atoms with E-state index in [1.54, 1.807) is 0 Å². The van der Waals surface area contributed by atoms with Crippen LogP contribution >= 0.6 is 23.1 Å². The zero-order valence-corrected chi connectivity index (χ0v) is 12.6. The fourth-order valence-electron chi connectivity index (χ4n) is 1.62. The maximum Gasteiger partial charge on any atom is 0.226 e. The molecule has 0 aliphatic rings. The minimum Gasteiger partial charge on any atom is -0.375 e. The van der Waals surface area contributed by atoms with E-state index in [2.05, 4.69) is 22.0 Å². The molecule has 2 aromatic heterocycles. The van der Waals surface area contributed by atoms with Crippen LogP contribution in [-0.2, 0) is 18.6 Å². The molecule has 7 heteroatoms. The zero-order valence-electron chi connectivity index (χ0n) is 11.0. The molecule has 0 saturated heterocycles. The molecule has 104 valence electrons. The van der Waals surface area contributed by atoms with Crippen LogP contribution in [0.1, 0.15) is 37.2 Å². The molecular weight excluding hydrogens is 280 g/mol. The summed E-state index contributed by atoms with van der Waals surface area (Å²) in [6.45, 7) is 2.17. The summed E-state index contributed by atoms with van der Waals surface area (Å²) in [5.74, 6) is 3.48. The van der Waals surface area contributed by atoms with Crippen molar-refractivity contribution >= 4 is 28.2 Å². The largest absolute Gasteiger partial charge is 0.375 e. The van der Waals surface area contributed by atoms with Crippen LogP contribution in [0.2, 0.25) is 0 Å². The van der Waals surface area contributed by atoms with Gasteiger partial charge < -0.3 is 10.3 Å². The monoisotopic (exact) mass is 298 g/mol. The SMILES string of the molecule is CCCSCc1noc(CCCc2csc(N)n2)n1. The van der Waals surface area contributed by atoms with E-state index in [1.165, 1.54) is 17.8 Å². The minimum absolute atomic E-state index is 0.628. The third-order valence-corrected chi connectivity index (χ3v) is 4.36. The van der Waals surface area contributed by atoms with Gasteiger partial charge in [-0.2, -0.15) is 16.7 Å². The van der Waals surface area contributed by atoms with E-state index in [1.807, 2.05) is 17.1 Å². The molecule has 0 aliphatic heterocycles. The molecule has 0 saturated carbocycles. The molecule has 19 heavy (non-hydrogen) atoms. The molecule has 5 nitrogen and oxygen atoms in total. The Labute approximate surface area is 121 Å². The molecule has 0 aliphatic carbocycles.